The molecule has 0 saturated heterocycles. The van der Waals surface area contributed by atoms with E-state index in [4.69, 9.17) is 11.8 Å². The number of hydrogen-bond acceptors (Lipinski definition) is 14. The Hall–Kier alpha value is -6.22. The van der Waals surface area contributed by atoms with Crippen LogP contribution >= 0.6 is 0 Å². The van der Waals surface area contributed by atoms with Gasteiger partial charge in [0.15, 0.2) is 34.6 Å². The molecule has 20 aliphatic rings. The average molecular weight is 1840 g/mol. The van der Waals surface area contributed by atoms with Crippen LogP contribution in [0.4, 0.5) is 36.4 Å². The molecule has 0 radical (unpaired) electrons. The van der Waals surface area contributed by atoms with Crippen LogP contribution in [0.15, 0.2) is 43.2 Å². The summed E-state index contributed by atoms with van der Waals surface area (Å²) in [5.74, 6) is -4.76. The summed E-state index contributed by atoms with van der Waals surface area (Å²) in [6.07, 6.45) is 37.5. The minimum Gasteiger partial charge on any atom is -0.390 e. The van der Waals surface area contributed by atoms with Crippen molar-refractivity contribution in [3.8, 4) is 6.07 Å². The quantitative estimate of drug-likeness (QED) is 0.0760. The van der Waals surface area contributed by atoms with Crippen LogP contribution in [0, 0.1) is 242 Å². The number of ketones is 4. The van der Waals surface area contributed by atoms with Crippen molar-refractivity contribution in [3.05, 3.63) is 71.9 Å². The lowest BCUT2D eigenvalue weighted by Crippen LogP contribution is -2.53. The zero-order chi connectivity index (χ0) is 90.1. The number of halogens is 7. The van der Waals surface area contributed by atoms with Gasteiger partial charge in [0.2, 0.25) is 5.69 Å². The SMILES string of the molecule is C.C.C.C.C[C@@]1(O)CC[C@H]2[C@H](CC[C@@H]3[C@@H]2CC[C@@]2(C)[C@H]3[C@@H]3C[C@@H]3[C@@H]2C(=O)Cn2cc(F)cn2)C1.C[C@@]1(O)CC[C@H]2[C@H](CC[C@@H]3[C@@H]2CC[C@@]2(C)[C@H]3[C@H]3[C@@H]([C@@H]2C(=O)Cn2ccc(C#N)n2)C3(F)F)C1.Cc1cnn(CC(=O)[C@H]2[C@@H]3[C@H]([C@H]4[C@@H]5CC[C@@H]6C[C@](C)(O)CC[C@@H]6[C@H]5CC[C@@]42C)C3(F)F)n1.[C-]#[N+]c1cnn(CC(=O)[C@H]2[C@@H]3[C@H]([C@H]4[C@@H]5CC[C@@H]6C[C@](C)(O)CC[C@@H]6[C@H]5CC[C@@]42C)C3(F)F)c1. The zero-order valence-electron chi connectivity index (χ0n) is 76.3. The van der Waals surface area contributed by atoms with E-state index in [-0.39, 0.29) is 148 Å². The van der Waals surface area contributed by atoms with Crippen LogP contribution in [0.1, 0.15) is 283 Å². The number of hydrogen-bond donors (Lipinski definition) is 4. The molecule has 19 nitrogen and oxygen atoms in total. The van der Waals surface area contributed by atoms with Crippen LogP contribution in [-0.4, -0.2) is 128 Å². The third kappa shape index (κ3) is 15.6. The Balaban J connectivity index is 0.000000122. The zero-order valence-corrected chi connectivity index (χ0v) is 76.3. The molecule has 0 amide bonds. The van der Waals surface area contributed by atoms with E-state index in [1.807, 2.05) is 40.7 Å². The number of carbonyl (C=O) groups excluding carboxylic acids is 4. The molecule has 26 heteroatoms. The van der Waals surface area contributed by atoms with Gasteiger partial charge >= 0.3 is 0 Å². The highest BCUT2D eigenvalue weighted by molar-refractivity contribution is 5.85. The molecule has 40 atom stereocenters. The van der Waals surface area contributed by atoms with Crippen molar-refractivity contribution in [3.63, 3.8) is 0 Å². The molecule has 132 heavy (non-hydrogen) atoms. The van der Waals surface area contributed by atoms with E-state index in [0.717, 1.165) is 183 Å². The van der Waals surface area contributed by atoms with Crippen molar-refractivity contribution >= 4 is 28.8 Å². The Bertz CT molecular complexity index is 4940. The Morgan fingerprint density at radius 2 is 0.742 bits per heavy atom. The number of carbonyl (C=O) groups is 4. The van der Waals surface area contributed by atoms with Gasteiger partial charge in [0.05, 0.1) is 79.1 Å². The molecule has 4 N–H and O–H groups in total. The van der Waals surface area contributed by atoms with E-state index in [1.54, 1.807) is 18.5 Å². The minimum absolute atomic E-state index is 0. The van der Waals surface area contributed by atoms with Crippen molar-refractivity contribution in [2.45, 2.75) is 345 Å². The monoisotopic (exact) mass is 1840 g/mol. The summed E-state index contributed by atoms with van der Waals surface area (Å²) in [5, 5.41) is 71.9. The fourth-order valence-corrected chi connectivity index (χ4v) is 37.5. The molecule has 4 aromatic rings. The summed E-state index contributed by atoms with van der Waals surface area (Å²) >= 11 is 0. The van der Waals surface area contributed by atoms with Crippen molar-refractivity contribution in [1.82, 2.24) is 44.3 Å². The topological polar surface area (TPSA) is 262 Å². The number of fused-ring (bicyclic) bond motifs is 28. The maximum Gasteiger partial charge on any atom is 0.255 e. The van der Waals surface area contributed by atoms with Gasteiger partial charge in [-0.05, 0) is 379 Å². The van der Waals surface area contributed by atoms with Crippen LogP contribution in [0.2, 0.25) is 0 Å². The van der Waals surface area contributed by atoms with E-state index >= 15 is 26.3 Å². The highest BCUT2D eigenvalue weighted by Crippen LogP contribution is 2.84. The number of rotatable bonds is 12. The molecule has 20 aliphatic carbocycles. The molecular weight excluding hydrogens is 1690 g/mol. The van der Waals surface area contributed by atoms with Gasteiger partial charge in [0.1, 0.15) is 12.6 Å². The highest BCUT2D eigenvalue weighted by Gasteiger charge is 2.88. The number of nitrogens with zero attached hydrogens (tertiary/aromatic N) is 11. The first-order chi connectivity index (χ1) is 60.4. The second-order valence-electron chi connectivity index (χ2n) is 49.0. The lowest BCUT2D eigenvalue weighted by atomic mass is 9.47. The molecule has 24 rings (SSSR count). The molecular formula is C106H152F7N11O8. The first-order valence-corrected chi connectivity index (χ1v) is 49.9. The van der Waals surface area contributed by atoms with Crippen molar-refractivity contribution in [2.24, 2.45) is 211 Å². The predicted molar refractivity (Wildman–Crippen MR) is 485 cm³/mol. The molecule has 20 saturated carbocycles. The van der Waals surface area contributed by atoms with Gasteiger partial charge in [0.25, 0.3) is 17.8 Å². The molecule has 0 spiro atoms. The lowest BCUT2D eigenvalue weighted by molar-refractivity contribution is -0.146. The van der Waals surface area contributed by atoms with E-state index in [1.165, 1.54) is 75.7 Å². The summed E-state index contributed by atoms with van der Waals surface area (Å²) in [7, 11) is 0. The van der Waals surface area contributed by atoms with Gasteiger partial charge in [-0.3, -0.25) is 33.2 Å². The molecule has 4 aromatic heterocycles. The molecule has 0 bridgehead atoms. The van der Waals surface area contributed by atoms with Gasteiger partial charge < -0.3 is 20.4 Å². The second-order valence-corrected chi connectivity index (χ2v) is 49.0. The third-order valence-electron chi connectivity index (χ3n) is 41.9. The maximum absolute atomic E-state index is 15.1. The smallest absolute Gasteiger partial charge is 0.255 e. The van der Waals surface area contributed by atoms with Crippen LogP contribution < -0.4 is 0 Å². The summed E-state index contributed by atoms with van der Waals surface area (Å²) in [4.78, 5) is 58.4. The van der Waals surface area contributed by atoms with E-state index < -0.39 is 93.4 Å². The van der Waals surface area contributed by atoms with Gasteiger partial charge in [-0.1, -0.05) is 57.4 Å². The number of aryl methyl sites for hydroxylation is 1. The molecule has 20 fully saturated rings. The van der Waals surface area contributed by atoms with Gasteiger partial charge in [0, 0.05) is 71.6 Å². The highest BCUT2D eigenvalue weighted by atomic mass is 19.3. The van der Waals surface area contributed by atoms with E-state index in [0.29, 0.717) is 82.6 Å². The Labute approximate surface area is 778 Å². The number of alkyl halides is 6. The van der Waals surface area contributed by atoms with E-state index in [2.05, 4.69) is 58.0 Å². The first kappa shape index (κ1) is 97.4. The second kappa shape index (κ2) is 33.5. The number of Topliss-reactive ketones (excluding diaryl/α,β-unsaturated/α-hetero) is 4. The summed E-state index contributed by atoms with van der Waals surface area (Å²) in [5.41, 5.74) is -1.88. The first-order valence-electron chi connectivity index (χ1n) is 49.9. The molecule has 0 aromatic carbocycles. The van der Waals surface area contributed by atoms with Crippen LogP contribution in [-0.2, 0) is 45.4 Å². The fourth-order valence-electron chi connectivity index (χ4n) is 37.5. The van der Waals surface area contributed by atoms with Crippen LogP contribution in [0.5, 0.6) is 0 Å². The van der Waals surface area contributed by atoms with Gasteiger partial charge in [-0.15, -0.1) is 0 Å². The Kier molecular flexibility index (Phi) is 24.7. The third-order valence-corrected chi connectivity index (χ3v) is 41.9. The van der Waals surface area contributed by atoms with Crippen LogP contribution in [0.3, 0.4) is 0 Å². The standard InChI is InChI=1S/2C26H33F2N3O2.C25H35F2N3O2.C25H35FN2O2.4CH4/c1-24(33)8-6-16-14(10-24)4-5-18-17(16)7-9-25(2)20(18)22-23(26(22,27)28)21(25)19(32)13-31-12-15(29-3)11-30-31;1-24(33)8-5-16-14(11-24)3-4-18-17(16)6-9-25(2)20(18)22-23(26(22,27)28)21(25)19(32)13-31-10-7-15(12-29)30-31;1-13-11-28-30(29-13)12-18(31)20-22-21(25(22,26)27)19-17-5-4-14-10-23(2,32)8-6-15(14)16(17)7-9-24(19,20)3;1-24(30)7-5-16-14(10-24)3-4-18-17(16)6-8-25(2)22(18)19-9-20(19)23(25)21(29)13-28-12-15(26)11-27-28;;;;/h11-12,14,16-18,20-23,33H,4-10,13H2,1-2H3;7,10,14,16-18,20-23,33H,3-6,8-9,11,13H2,1-2H3;11,14-17,19-22,32H,4-10,12H2,1-3H3;11-12,14,16-20,22-23,30H,3-10,13H2,1-2H3;4*1H4/t2*14-,16+,17-,18-,20-,21+,22+,23-,24-,25+;14-,15+,16-,17-,19-,20+,21+,22-,23-,24+;14-,16+,17-,18-,19-,20+,22-,23-,24-,25+;;;;/m1111..../s1. The molecule has 728 valence electrons. The lowest BCUT2D eigenvalue weighted by Gasteiger charge is -2.57. The normalized spacial score (nSPS) is 48.6. The van der Waals surface area contributed by atoms with Crippen LogP contribution in [0.25, 0.3) is 4.85 Å². The summed E-state index contributed by atoms with van der Waals surface area (Å²) in [6, 6.07) is 3.50. The Morgan fingerprint density at radius 1 is 0.402 bits per heavy atom. The molecule has 0 aliphatic heterocycles. The maximum atomic E-state index is 15.1. The average Bonchev–Trinajstić information content (AvgIpc) is 1.41. The minimum atomic E-state index is -2.75. The number of aromatic nitrogens is 9. The fraction of sp³-hybridized carbons (Fsp3) is 0.840. The van der Waals surface area contributed by atoms with Gasteiger partial charge in [-0.25, -0.2) is 35.6 Å². The molecule has 4 heterocycles. The van der Waals surface area contributed by atoms with Crippen molar-refractivity contribution in [2.75, 3.05) is 0 Å². The predicted octanol–water partition coefficient (Wildman–Crippen LogP) is 20.9. The van der Waals surface area contributed by atoms with Crippen molar-refractivity contribution in [1.29, 1.82) is 5.26 Å². The number of nitriles is 1. The van der Waals surface area contributed by atoms with E-state index in [9.17, 15) is 44.0 Å². The van der Waals surface area contributed by atoms with Gasteiger partial charge in [-0.2, -0.15) is 35.6 Å². The summed E-state index contributed by atoms with van der Waals surface area (Å²) in [6.45, 7) is 25.7. The van der Waals surface area contributed by atoms with Crippen molar-refractivity contribution < 1.29 is 70.3 Å². The molecule has 0 unspecified atom stereocenters. The largest absolute Gasteiger partial charge is 0.390 e. The Morgan fingerprint density at radius 3 is 1.08 bits per heavy atom. The number of aliphatic hydroxyl groups is 4. The summed E-state index contributed by atoms with van der Waals surface area (Å²) < 4.78 is 108.